The van der Waals surface area contributed by atoms with Crippen molar-refractivity contribution in [1.29, 1.82) is 0 Å². The number of hydrogen-bond donors (Lipinski definition) is 1. The fourth-order valence-corrected chi connectivity index (χ4v) is 3.33. The molecule has 144 valence electrons. The molecule has 0 saturated carbocycles. The number of carbonyl (C=O) groups is 2. The van der Waals surface area contributed by atoms with E-state index in [1.807, 2.05) is 29.2 Å². The molecule has 1 aliphatic rings. The Morgan fingerprint density at radius 1 is 1.37 bits per heavy atom. The van der Waals surface area contributed by atoms with Crippen LogP contribution in [0, 0.1) is 13.8 Å². The van der Waals surface area contributed by atoms with Crippen LogP contribution in [-0.2, 0) is 11.3 Å². The third-order valence-electron chi connectivity index (χ3n) is 4.77. The van der Waals surface area contributed by atoms with Crippen molar-refractivity contribution >= 4 is 11.8 Å². The van der Waals surface area contributed by atoms with Gasteiger partial charge in [0.2, 0.25) is 5.91 Å². The first kappa shape index (κ1) is 18.9. The summed E-state index contributed by atoms with van der Waals surface area (Å²) in [7, 11) is 1.63. The quantitative estimate of drug-likeness (QED) is 0.873. The minimum atomic E-state index is -0.247. The lowest BCUT2D eigenvalue weighted by Crippen LogP contribution is -2.36. The molecule has 1 atom stereocenters. The first-order valence-corrected chi connectivity index (χ1v) is 9.12. The van der Waals surface area contributed by atoms with Crippen molar-refractivity contribution in [3.8, 4) is 5.75 Å². The van der Waals surface area contributed by atoms with E-state index in [1.54, 1.807) is 21.0 Å². The van der Waals surface area contributed by atoms with Crippen LogP contribution in [-0.4, -0.2) is 41.4 Å². The van der Waals surface area contributed by atoms with E-state index in [9.17, 15) is 9.59 Å². The average Bonchev–Trinajstić information content (AvgIpc) is 2.91. The van der Waals surface area contributed by atoms with Gasteiger partial charge in [0, 0.05) is 32.5 Å². The number of nitrogens with one attached hydrogen (secondary N) is 1. The van der Waals surface area contributed by atoms with Crippen LogP contribution in [0.3, 0.4) is 0 Å². The Balaban J connectivity index is 1.60. The van der Waals surface area contributed by atoms with Crippen LogP contribution in [0.5, 0.6) is 5.75 Å². The highest BCUT2D eigenvalue weighted by Gasteiger charge is 2.25. The number of methoxy groups -OCH3 is 1. The number of carbonyl (C=O) groups excluding carboxylic acids is 2. The van der Waals surface area contributed by atoms with Crippen molar-refractivity contribution < 1.29 is 18.7 Å². The molecule has 1 aromatic heterocycles. The molecule has 1 fully saturated rings. The molecular formula is C20H25N3O4. The van der Waals surface area contributed by atoms with E-state index >= 15 is 0 Å². The summed E-state index contributed by atoms with van der Waals surface area (Å²) in [4.78, 5) is 30.9. The van der Waals surface area contributed by atoms with Gasteiger partial charge in [-0.3, -0.25) is 9.59 Å². The van der Waals surface area contributed by atoms with Crippen molar-refractivity contribution in [3.63, 3.8) is 0 Å². The molecule has 7 heteroatoms. The van der Waals surface area contributed by atoms with Gasteiger partial charge < -0.3 is 19.4 Å². The van der Waals surface area contributed by atoms with Crippen molar-refractivity contribution in [1.82, 2.24) is 15.2 Å². The molecule has 7 nitrogen and oxygen atoms in total. The van der Waals surface area contributed by atoms with Gasteiger partial charge in [0.25, 0.3) is 5.91 Å². The van der Waals surface area contributed by atoms with Gasteiger partial charge >= 0.3 is 0 Å². The topological polar surface area (TPSA) is 84.7 Å². The lowest BCUT2D eigenvalue weighted by molar-refractivity contribution is -0.131. The number of rotatable bonds is 5. The second-order valence-electron chi connectivity index (χ2n) is 6.80. The van der Waals surface area contributed by atoms with Crippen LogP contribution in [0.15, 0.2) is 28.7 Å². The molecule has 0 spiro atoms. The van der Waals surface area contributed by atoms with Crippen LogP contribution < -0.4 is 10.1 Å². The Bertz CT molecular complexity index is 830. The summed E-state index contributed by atoms with van der Waals surface area (Å²) in [6.07, 6.45) is 1.73. The minimum absolute atomic E-state index is 0.0619. The number of hydrogen-bond acceptors (Lipinski definition) is 5. The molecule has 1 aliphatic heterocycles. The minimum Gasteiger partial charge on any atom is -0.497 e. The molecule has 27 heavy (non-hydrogen) atoms. The molecule has 1 aromatic carbocycles. The Hall–Kier alpha value is -2.83. The smallest absolute Gasteiger partial charge is 0.273 e. The zero-order valence-electron chi connectivity index (χ0n) is 15.9. The fourth-order valence-electron chi connectivity index (χ4n) is 3.33. The summed E-state index contributed by atoms with van der Waals surface area (Å²) < 4.78 is 10.6. The SMILES string of the molecule is COc1cccc(CN2CCC(NC(=O)c3nc(C)oc3C)CCC2=O)c1. The van der Waals surface area contributed by atoms with E-state index < -0.39 is 0 Å². The van der Waals surface area contributed by atoms with Crippen molar-refractivity contribution in [2.75, 3.05) is 13.7 Å². The third kappa shape index (κ3) is 4.67. The number of ether oxygens (including phenoxy) is 1. The summed E-state index contributed by atoms with van der Waals surface area (Å²) in [6, 6.07) is 7.66. The van der Waals surface area contributed by atoms with E-state index in [2.05, 4.69) is 10.3 Å². The van der Waals surface area contributed by atoms with Gasteiger partial charge in [-0.2, -0.15) is 0 Å². The first-order valence-electron chi connectivity index (χ1n) is 9.12. The summed E-state index contributed by atoms with van der Waals surface area (Å²) in [5, 5.41) is 2.99. The van der Waals surface area contributed by atoms with Crippen LogP contribution in [0.2, 0.25) is 0 Å². The highest BCUT2D eigenvalue weighted by Crippen LogP contribution is 2.19. The lowest BCUT2D eigenvalue weighted by atomic mass is 10.1. The zero-order valence-corrected chi connectivity index (χ0v) is 15.9. The van der Waals surface area contributed by atoms with Crippen molar-refractivity contribution in [3.05, 3.63) is 47.2 Å². The Kier molecular flexibility index (Phi) is 5.78. The number of likely N-dealkylation sites (tertiary alicyclic amines) is 1. The van der Waals surface area contributed by atoms with Crippen LogP contribution in [0.4, 0.5) is 0 Å². The number of aromatic nitrogens is 1. The standard InChI is InChI=1S/C20H25N3O4/c1-13-19(21-14(2)27-13)20(25)22-16-7-8-18(24)23(10-9-16)12-15-5-4-6-17(11-15)26-3/h4-6,11,16H,7-10,12H2,1-3H3,(H,22,25). The lowest BCUT2D eigenvalue weighted by Gasteiger charge is -2.21. The van der Waals surface area contributed by atoms with Gasteiger partial charge in [-0.05, 0) is 37.5 Å². The van der Waals surface area contributed by atoms with Crippen molar-refractivity contribution in [2.45, 2.75) is 45.7 Å². The third-order valence-corrected chi connectivity index (χ3v) is 4.77. The summed E-state index contributed by atoms with van der Waals surface area (Å²) in [6.45, 7) is 4.57. The molecule has 2 amide bonds. The summed E-state index contributed by atoms with van der Waals surface area (Å²) >= 11 is 0. The molecule has 2 heterocycles. The molecule has 1 saturated heterocycles. The molecule has 1 unspecified atom stereocenters. The maximum atomic E-state index is 12.5. The predicted octanol–water partition coefficient (Wildman–Crippen LogP) is 2.61. The number of amides is 2. The van der Waals surface area contributed by atoms with E-state index in [4.69, 9.17) is 9.15 Å². The van der Waals surface area contributed by atoms with Crippen LogP contribution >= 0.6 is 0 Å². The van der Waals surface area contributed by atoms with Gasteiger partial charge in [-0.15, -0.1) is 0 Å². The maximum absolute atomic E-state index is 12.5. The van der Waals surface area contributed by atoms with Gasteiger partial charge in [0.1, 0.15) is 11.5 Å². The van der Waals surface area contributed by atoms with Gasteiger partial charge in [-0.1, -0.05) is 12.1 Å². The molecule has 3 rings (SSSR count). The summed E-state index contributed by atoms with van der Waals surface area (Å²) in [5.41, 5.74) is 1.34. The largest absolute Gasteiger partial charge is 0.497 e. The Labute approximate surface area is 158 Å². The van der Waals surface area contributed by atoms with E-state index in [-0.39, 0.29) is 17.9 Å². The van der Waals surface area contributed by atoms with E-state index in [0.717, 1.165) is 11.3 Å². The van der Waals surface area contributed by atoms with E-state index in [1.165, 1.54) is 0 Å². The average molecular weight is 371 g/mol. The molecule has 0 radical (unpaired) electrons. The van der Waals surface area contributed by atoms with Crippen molar-refractivity contribution in [2.24, 2.45) is 0 Å². The van der Waals surface area contributed by atoms with E-state index in [0.29, 0.717) is 49.7 Å². The highest BCUT2D eigenvalue weighted by molar-refractivity contribution is 5.93. The Morgan fingerprint density at radius 2 is 2.19 bits per heavy atom. The Morgan fingerprint density at radius 3 is 2.89 bits per heavy atom. The first-order chi connectivity index (χ1) is 13.0. The van der Waals surface area contributed by atoms with Crippen LogP contribution in [0.25, 0.3) is 0 Å². The molecule has 2 aromatic rings. The van der Waals surface area contributed by atoms with Gasteiger partial charge in [0.15, 0.2) is 11.6 Å². The molecule has 0 aliphatic carbocycles. The monoisotopic (exact) mass is 371 g/mol. The number of oxazole rings is 1. The fraction of sp³-hybridized carbons (Fsp3) is 0.450. The normalized spacial score (nSPS) is 17.5. The molecule has 0 bridgehead atoms. The second-order valence-corrected chi connectivity index (χ2v) is 6.80. The van der Waals surface area contributed by atoms with Gasteiger partial charge in [0.05, 0.1) is 7.11 Å². The number of aryl methyl sites for hydroxylation is 2. The number of benzene rings is 1. The highest BCUT2D eigenvalue weighted by atomic mass is 16.5. The second kappa shape index (κ2) is 8.24. The zero-order chi connectivity index (χ0) is 19.4. The number of nitrogens with zero attached hydrogens (tertiary/aromatic N) is 2. The van der Waals surface area contributed by atoms with Crippen LogP contribution in [0.1, 0.15) is 47.0 Å². The molecule has 1 N–H and O–H groups in total. The molecular weight excluding hydrogens is 346 g/mol. The predicted molar refractivity (Wildman–Crippen MR) is 99.5 cm³/mol. The summed E-state index contributed by atoms with van der Waals surface area (Å²) in [5.74, 6) is 1.61. The maximum Gasteiger partial charge on any atom is 0.273 e. The van der Waals surface area contributed by atoms with Gasteiger partial charge in [-0.25, -0.2) is 4.98 Å².